The van der Waals surface area contributed by atoms with Crippen LogP contribution in [0.3, 0.4) is 0 Å². The van der Waals surface area contributed by atoms with Gasteiger partial charge in [-0.2, -0.15) is 0 Å². The van der Waals surface area contributed by atoms with E-state index >= 15 is 0 Å². The fourth-order valence-corrected chi connectivity index (χ4v) is 4.69. The summed E-state index contributed by atoms with van der Waals surface area (Å²) < 4.78 is 5.44. The molecular weight excluding hydrogens is 424 g/mol. The molecule has 6 heteroatoms. The maximum absolute atomic E-state index is 13.3. The highest BCUT2D eigenvalue weighted by molar-refractivity contribution is 6.31. The maximum Gasteiger partial charge on any atom is 0.254 e. The van der Waals surface area contributed by atoms with E-state index < -0.39 is 0 Å². The molecule has 2 amide bonds. The Labute approximate surface area is 193 Å². The van der Waals surface area contributed by atoms with Gasteiger partial charge in [-0.1, -0.05) is 54.1 Å². The lowest BCUT2D eigenvalue weighted by atomic mass is 9.94. The molecule has 1 unspecified atom stereocenters. The SMILES string of the molecule is COc1ccc(C(=O)N2CCC(C(=O)NC(C)c3ccccc3Cl)CC2)c2ccccc12. The van der Waals surface area contributed by atoms with Crippen LogP contribution >= 0.6 is 11.6 Å². The molecule has 1 atom stereocenters. The third-order valence-corrected chi connectivity index (χ3v) is 6.56. The van der Waals surface area contributed by atoms with Crippen LogP contribution in [0.15, 0.2) is 60.7 Å². The molecule has 0 aromatic heterocycles. The molecule has 0 spiro atoms. The number of benzene rings is 3. The van der Waals surface area contributed by atoms with E-state index in [4.69, 9.17) is 16.3 Å². The van der Waals surface area contributed by atoms with Crippen molar-refractivity contribution in [3.05, 3.63) is 76.8 Å². The number of piperidine rings is 1. The number of amides is 2. The van der Waals surface area contributed by atoms with E-state index in [1.165, 1.54) is 0 Å². The largest absolute Gasteiger partial charge is 0.496 e. The number of likely N-dealkylation sites (tertiary alicyclic amines) is 1. The fourth-order valence-electron chi connectivity index (χ4n) is 4.39. The van der Waals surface area contributed by atoms with E-state index in [0.717, 1.165) is 22.1 Å². The molecule has 32 heavy (non-hydrogen) atoms. The van der Waals surface area contributed by atoms with Gasteiger partial charge < -0.3 is 15.0 Å². The van der Waals surface area contributed by atoms with Crippen molar-refractivity contribution in [2.45, 2.75) is 25.8 Å². The molecule has 166 valence electrons. The third kappa shape index (κ3) is 4.44. The lowest BCUT2D eigenvalue weighted by molar-refractivity contribution is -0.126. The van der Waals surface area contributed by atoms with Crippen LogP contribution in [-0.2, 0) is 4.79 Å². The van der Waals surface area contributed by atoms with E-state index in [-0.39, 0.29) is 23.8 Å². The van der Waals surface area contributed by atoms with Crippen LogP contribution in [-0.4, -0.2) is 36.9 Å². The molecule has 3 aromatic rings. The second-order valence-corrected chi connectivity index (χ2v) is 8.59. The highest BCUT2D eigenvalue weighted by atomic mass is 35.5. The van der Waals surface area contributed by atoms with Crippen LogP contribution in [0.4, 0.5) is 0 Å². The minimum Gasteiger partial charge on any atom is -0.496 e. The first-order valence-electron chi connectivity index (χ1n) is 10.9. The Morgan fingerprint density at radius 2 is 1.66 bits per heavy atom. The Bertz CT molecular complexity index is 1140. The quantitative estimate of drug-likeness (QED) is 0.579. The number of rotatable bonds is 5. The average molecular weight is 451 g/mol. The van der Waals surface area contributed by atoms with E-state index in [2.05, 4.69) is 5.32 Å². The number of nitrogens with one attached hydrogen (secondary N) is 1. The molecule has 3 aromatic carbocycles. The van der Waals surface area contributed by atoms with Gasteiger partial charge in [0.2, 0.25) is 5.91 Å². The van der Waals surface area contributed by atoms with E-state index in [1.807, 2.05) is 72.5 Å². The van der Waals surface area contributed by atoms with Gasteiger partial charge in [0.25, 0.3) is 5.91 Å². The number of ether oxygens (including phenoxy) is 1. The molecule has 1 aliphatic heterocycles. The summed E-state index contributed by atoms with van der Waals surface area (Å²) in [7, 11) is 1.63. The Kier molecular flexibility index (Phi) is 6.66. The Morgan fingerprint density at radius 1 is 1.00 bits per heavy atom. The molecule has 0 aliphatic carbocycles. The van der Waals surface area contributed by atoms with Crippen LogP contribution in [0.1, 0.15) is 41.7 Å². The van der Waals surface area contributed by atoms with Crippen molar-refractivity contribution in [3.63, 3.8) is 0 Å². The predicted octanol–water partition coefficient (Wildman–Crippen LogP) is 5.23. The first kappa shape index (κ1) is 22.2. The number of carbonyl (C=O) groups is 2. The summed E-state index contributed by atoms with van der Waals surface area (Å²) in [4.78, 5) is 27.9. The zero-order valence-electron chi connectivity index (χ0n) is 18.3. The number of fused-ring (bicyclic) bond motifs is 1. The molecule has 1 heterocycles. The summed E-state index contributed by atoms with van der Waals surface area (Å²) >= 11 is 6.26. The van der Waals surface area contributed by atoms with Crippen LogP contribution in [0.25, 0.3) is 10.8 Å². The summed E-state index contributed by atoms with van der Waals surface area (Å²) in [5, 5.41) is 5.52. The van der Waals surface area contributed by atoms with Gasteiger partial charge in [0.15, 0.2) is 0 Å². The molecule has 1 aliphatic rings. The summed E-state index contributed by atoms with van der Waals surface area (Å²) in [6, 6.07) is 18.8. The Hall–Kier alpha value is -3.05. The monoisotopic (exact) mass is 450 g/mol. The minimum absolute atomic E-state index is 0.00727. The normalized spacial score (nSPS) is 15.4. The molecule has 0 saturated carbocycles. The van der Waals surface area contributed by atoms with Gasteiger partial charge in [-0.15, -0.1) is 0 Å². The Morgan fingerprint density at radius 3 is 2.34 bits per heavy atom. The van der Waals surface area contributed by atoms with Gasteiger partial charge in [-0.3, -0.25) is 9.59 Å². The fraction of sp³-hybridized carbons (Fsp3) is 0.308. The number of carbonyl (C=O) groups excluding carboxylic acids is 2. The lowest BCUT2D eigenvalue weighted by Crippen LogP contribution is -2.43. The van der Waals surface area contributed by atoms with Gasteiger partial charge in [0, 0.05) is 35.0 Å². The lowest BCUT2D eigenvalue weighted by Gasteiger charge is -2.32. The summed E-state index contributed by atoms with van der Waals surface area (Å²) in [6.45, 7) is 3.04. The van der Waals surface area contributed by atoms with Crippen molar-refractivity contribution in [2.75, 3.05) is 20.2 Å². The highest BCUT2D eigenvalue weighted by Crippen LogP contribution is 2.30. The van der Waals surface area contributed by atoms with Crippen molar-refractivity contribution >= 4 is 34.2 Å². The molecule has 5 nitrogen and oxygen atoms in total. The van der Waals surface area contributed by atoms with Gasteiger partial charge in [-0.25, -0.2) is 0 Å². The first-order chi connectivity index (χ1) is 15.5. The van der Waals surface area contributed by atoms with E-state index in [1.54, 1.807) is 7.11 Å². The standard InChI is InChI=1S/C26H27ClN2O3/c1-17(19-7-5-6-10-23(19)27)28-25(30)18-13-15-29(16-14-18)26(31)22-11-12-24(32-2)21-9-4-3-8-20(21)22/h3-12,17-18H,13-16H2,1-2H3,(H,28,30). The van der Waals surface area contributed by atoms with Crippen LogP contribution in [0.5, 0.6) is 5.75 Å². The molecule has 1 fully saturated rings. The average Bonchev–Trinajstić information content (AvgIpc) is 2.83. The number of methoxy groups -OCH3 is 1. The molecule has 0 bridgehead atoms. The minimum atomic E-state index is -0.165. The molecule has 1 N–H and O–H groups in total. The van der Waals surface area contributed by atoms with Crippen molar-refractivity contribution in [1.82, 2.24) is 10.2 Å². The molecular formula is C26H27ClN2O3. The third-order valence-electron chi connectivity index (χ3n) is 6.22. The maximum atomic E-state index is 13.3. The van der Waals surface area contributed by atoms with Crippen molar-refractivity contribution < 1.29 is 14.3 Å². The van der Waals surface area contributed by atoms with Crippen molar-refractivity contribution in [2.24, 2.45) is 5.92 Å². The van der Waals surface area contributed by atoms with Crippen LogP contribution in [0.2, 0.25) is 5.02 Å². The van der Waals surface area contributed by atoms with Gasteiger partial charge in [-0.05, 0) is 48.9 Å². The summed E-state index contributed by atoms with van der Waals surface area (Å²) in [5.74, 6) is 0.642. The van der Waals surface area contributed by atoms with Crippen molar-refractivity contribution in [1.29, 1.82) is 0 Å². The number of hydrogen-bond acceptors (Lipinski definition) is 3. The van der Waals surface area contributed by atoms with Crippen LogP contribution in [0, 0.1) is 5.92 Å². The van der Waals surface area contributed by atoms with E-state index in [0.29, 0.717) is 36.5 Å². The summed E-state index contributed by atoms with van der Waals surface area (Å²) in [5.41, 5.74) is 1.57. The summed E-state index contributed by atoms with van der Waals surface area (Å²) in [6.07, 6.45) is 1.28. The number of halogens is 1. The molecule has 4 rings (SSSR count). The smallest absolute Gasteiger partial charge is 0.254 e. The Balaban J connectivity index is 1.41. The number of nitrogens with zero attached hydrogens (tertiary/aromatic N) is 1. The van der Waals surface area contributed by atoms with Gasteiger partial charge in [0.05, 0.1) is 13.2 Å². The zero-order valence-corrected chi connectivity index (χ0v) is 19.1. The van der Waals surface area contributed by atoms with E-state index in [9.17, 15) is 9.59 Å². The predicted molar refractivity (Wildman–Crippen MR) is 127 cm³/mol. The highest BCUT2D eigenvalue weighted by Gasteiger charge is 2.29. The topological polar surface area (TPSA) is 58.6 Å². The molecule has 0 radical (unpaired) electrons. The van der Waals surface area contributed by atoms with Crippen LogP contribution < -0.4 is 10.1 Å². The zero-order chi connectivity index (χ0) is 22.7. The van der Waals surface area contributed by atoms with Gasteiger partial charge in [0.1, 0.15) is 5.75 Å². The van der Waals surface area contributed by atoms with Gasteiger partial charge >= 0.3 is 0 Å². The number of hydrogen-bond donors (Lipinski definition) is 1. The second kappa shape index (κ2) is 9.61. The first-order valence-corrected chi connectivity index (χ1v) is 11.3. The van der Waals surface area contributed by atoms with Crippen molar-refractivity contribution in [3.8, 4) is 5.75 Å². The second-order valence-electron chi connectivity index (χ2n) is 8.18. The molecule has 1 saturated heterocycles.